The maximum atomic E-state index is 13.0. The molecule has 0 spiro atoms. The molecule has 1 aliphatic rings. The van der Waals surface area contributed by atoms with E-state index in [9.17, 15) is 18.0 Å². The summed E-state index contributed by atoms with van der Waals surface area (Å²) in [4.78, 5) is 26.6. The van der Waals surface area contributed by atoms with E-state index >= 15 is 0 Å². The Labute approximate surface area is 175 Å². The summed E-state index contributed by atoms with van der Waals surface area (Å²) < 4.78 is 25.3. The molecule has 0 bridgehead atoms. The highest BCUT2D eigenvalue weighted by atomic mass is 32.2. The van der Waals surface area contributed by atoms with Crippen molar-refractivity contribution in [1.82, 2.24) is 4.90 Å². The molecule has 0 radical (unpaired) electrons. The molecular weight excluding hydrogens is 398 g/mol. The number of ketones is 1. The summed E-state index contributed by atoms with van der Waals surface area (Å²) in [7, 11) is -3.49. The molecule has 4 rings (SSSR count). The third-order valence-electron chi connectivity index (χ3n) is 5.26. The fraction of sp³-hybridized carbons (Fsp3) is 0.167. The third-order valence-corrected chi connectivity index (χ3v) is 6.96. The van der Waals surface area contributed by atoms with Crippen LogP contribution in [0.2, 0.25) is 0 Å². The number of Topliss-reactive ketones (excluding diaryl/α,β-unsaturated/α-hetero) is 1. The number of hydrogen-bond acceptors (Lipinski definition) is 4. The molecule has 0 aromatic heterocycles. The Bertz CT molecular complexity index is 1230. The Kier molecular flexibility index (Phi) is 5.26. The molecule has 1 aliphatic heterocycles. The maximum Gasteiger partial charge on any atom is 0.254 e. The summed E-state index contributed by atoms with van der Waals surface area (Å²) in [5.74, 6) is -0.329. The normalized spacial score (nSPS) is 13.2. The lowest BCUT2D eigenvalue weighted by Crippen LogP contribution is -2.25. The fourth-order valence-electron chi connectivity index (χ4n) is 3.66. The molecule has 0 atom stereocenters. The van der Waals surface area contributed by atoms with E-state index in [2.05, 4.69) is 0 Å². The quantitative estimate of drug-likeness (QED) is 0.586. The Morgan fingerprint density at radius 2 is 1.57 bits per heavy atom. The van der Waals surface area contributed by atoms with Gasteiger partial charge in [0.25, 0.3) is 5.91 Å². The van der Waals surface area contributed by atoms with Crippen LogP contribution in [0.4, 0.5) is 0 Å². The maximum absolute atomic E-state index is 13.0. The molecule has 1 amide bonds. The number of carbonyl (C=O) groups is 2. The van der Waals surface area contributed by atoms with E-state index in [0.717, 1.165) is 11.1 Å². The number of amides is 1. The van der Waals surface area contributed by atoms with Crippen LogP contribution in [0, 0.1) is 0 Å². The van der Waals surface area contributed by atoms with Crippen LogP contribution in [0.1, 0.15) is 44.3 Å². The van der Waals surface area contributed by atoms with Crippen LogP contribution in [0.3, 0.4) is 0 Å². The molecule has 5 nitrogen and oxygen atoms in total. The van der Waals surface area contributed by atoms with Gasteiger partial charge in [-0.2, -0.15) is 0 Å². The van der Waals surface area contributed by atoms with Gasteiger partial charge in [0.15, 0.2) is 15.6 Å². The molecule has 6 heteroatoms. The van der Waals surface area contributed by atoms with Crippen molar-refractivity contribution in [2.24, 2.45) is 0 Å². The first-order chi connectivity index (χ1) is 14.3. The van der Waals surface area contributed by atoms with Crippen LogP contribution >= 0.6 is 0 Å². The molecule has 3 aromatic rings. The standard InChI is InChI=1S/C24H21NO4S/c1-17(26)19-10-11-21-14-25(15-22(21)13-19)24(27)20-7-5-6-18(12-20)16-30(28,29)23-8-3-2-4-9-23/h2-13H,14-16H2,1H3. The van der Waals surface area contributed by atoms with Crippen molar-refractivity contribution >= 4 is 21.5 Å². The minimum absolute atomic E-state index is 0.00472. The van der Waals surface area contributed by atoms with Gasteiger partial charge in [0.05, 0.1) is 10.6 Å². The summed E-state index contributed by atoms with van der Waals surface area (Å²) >= 11 is 0. The molecule has 0 saturated heterocycles. The van der Waals surface area contributed by atoms with Crippen LogP contribution in [0.25, 0.3) is 0 Å². The van der Waals surface area contributed by atoms with Gasteiger partial charge in [0.1, 0.15) is 0 Å². The van der Waals surface area contributed by atoms with E-state index in [-0.39, 0.29) is 22.3 Å². The largest absolute Gasteiger partial charge is 0.330 e. The van der Waals surface area contributed by atoms with Gasteiger partial charge in [-0.25, -0.2) is 8.42 Å². The van der Waals surface area contributed by atoms with Crippen molar-refractivity contribution in [3.05, 3.63) is 101 Å². The highest BCUT2D eigenvalue weighted by molar-refractivity contribution is 7.90. The van der Waals surface area contributed by atoms with Crippen molar-refractivity contribution in [1.29, 1.82) is 0 Å². The smallest absolute Gasteiger partial charge is 0.254 e. The molecular formula is C24H21NO4S. The van der Waals surface area contributed by atoms with Gasteiger partial charge < -0.3 is 4.90 Å². The summed E-state index contributed by atoms with van der Waals surface area (Å²) in [5, 5.41) is 0. The van der Waals surface area contributed by atoms with E-state index in [0.29, 0.717) is 29.8 Å². The van der Waals surface area contributed by atoms with E-state index in [1.54, 1.807) is 65.6 Å². The average molecular weight is 420 g/mol. The summed E-state index contributed by atoms with van der Waals surface area (Å²) in [6.07, 6.45) is 0. The molecule has 3 aromatic carbocycles. The minimum Gasteiger partial charge on any atom is -0.330 e. The molecule has 0 fully saturated rings. The number of carbonyl (C=O) groups excluding carboxylic acids is 2. The number of fused-ring (bicyclic) bond motifs is 1. The second-order valence-corrected chi connectivity index (χ2v) is 9.46. The fourth-order valence-corrected chi connectivity index (χ4v) is 5.02. The van der Waals surface area contributed by atoms with Crippen LogP contribution in [-0.2, 0) is 28.7 Å². The molecule has 152 valence electrons. The summed E-state index contributed by atoms with van der Waals surface area (Å²) in [6.45, 7) is 2.43. The van der Waals surface area contributed by atoms with E-state index < -0.39 is 9.84 Å². The van der Waals surface area contributed by atoms with Crippen molar-refractivity contribution in [2.45, 2.75) is 30.7 Å². The topological polar surface area (TPSA) is 71.5 Å². The predicted octanol–water partition coefficient (Wildman–Crippen LogP) is 4.02. The van der Waals surface area contributed by atoms with E-state index in [1.165, 1.54) is 6.92 Å². The van der Waals surface area contributed by atoms with Gasteiger partial charge in [-0.1, -0.05) is 42.5 Å². The minimum atomic E-state index is -3.49. The van der Waals surface area contributed by atoms with Crippen molar-refractivity contribution in [3.63, 3.8) is 0 Å². The van der Waals surface area contributed by atoms with Crippen LogP contribution < -0.4 is 0 Å². The van der Waals surface area contributed by atoms with Crippen LogP contribution in [-0.4, -0.2) is 25.0 Å². The highest BCUT2D eigenvalue weighted by Crippen LogP contribution is 2.26. The molecule has 0 aliphatic carbocycles. The Morgan fingerprint density at radius 3 is 2.30 bits per heavy atom. The second kappa shape index (κ2) is 7.88. The van der Waals surface area contributed by atoms with Gasteiger partial charge in [-0.3, -0.25) is 9.59 Å². The molecule has 30 heavy (non-hydrogen) atoms. The zero-order chi connectivity index (χ0) is 21.3. The van der Waals surface area contributed by atoms with Gasteiger partial charge in [0.2, 0.25) is 0 Å². The molecule has 0 N–H and O–H groups in total. The van der Waals surface area contributed by atoms with Gasteiger partial charge in [0, 0.05) is 24.2 Å². The Morgan fingerprint density at radius 1 is 0.833 bits per heavy atom. The number of hydrogen-bond donors (Lipinski definition) is 0. The number of nitrogens with zero attached hydrogens (tertiary/aromatic N) is 1. The molecule has 1 heterocycles. The lowest BCUT2D eigenvalue weighted by Gasteiger charge is -2.16. The first-order valence-corrected chi connectivity index (χ1v) is 11.3. The Hall–Kier alpha value is -3.25. The van der Waals surface area contributed by atoms with Gasteiger partial charge in [-0.15, -0.1) is 0 Å². The first kappa shape index (κ1) is 20.0. The van der Waals surface area contributed by atoms with Crippen LogP contribution in [0.5, 0.6) is 0 Å². The third kappa shape index (κ3) is 4.04. The first-order valence-electron chi connectivity index (χ1n) is 9.62. The average Bonchev–Trinajstić information content (AvgIpc) is 3.17. The van der Waals surface area contributed by atoms with Crippen molar-refractivity contribution < 1.29 is 18.0 Å². The molecule has 0 unspecified atom stereocenters. The Balaban J connectivity index is 1.53. The summed E-state index contributed by atoms with van der Waals surface area (Å²) in [6, 6.07) is 20.6. The summed E-state index contributed by atoms with van der Waals surface area (Å²) in [5.41, 5.74) is 3.65. The lowest BCUT2D eigenvalue weighted by molar-refractivity contribution is 0.0751. The molecule has 0 saturated carbocycles. The van der Waals surface area contributed by atoms with Crippen LogP contribution in [0.15, 0.2) is 77.7 Å². The predicted molar refractivity (Wildman–Crippen MR) is 114 cm³/mol. The highest BCUT2D eigenvalue weighted by Gasteiger charge is 2.25. The monoisotopic (exact) mass is 419 g/mol. The van der Waals surface area contributed by atoms with Gasteiger partial charge in [-0.05, 0) is 53.9 Å². The number of rotatable bonds is 5. The van der Waals surface area contributed by atoms with E-state index in [4.69, 9.17) is 0 Å². The zero-order valence-electron chi connectivity index (χ0n) is 16.5. The lowest BCUT2D eigenvalue weighted by atomic mass is 10.0. The second-order valence-electron chi connectivity index (χ2n) is 7.47. The van der Waals surface area contributed by atoms with Crippen molar-refractivity contribution in [2.75, 3.05) is 0 Å². The van der Waals surface area contributed by atoms with E-state index in [1.807, 2.05) is 12.1 Å². The SMILES string of the molecule is CC(=O)c1ccc2c(c1)CN(C(=O)c1cccc(CS(=O)(=O)c3ccccc3)c1)C2. The zero-order valence-corrected chi connectivity index (χ0v) is 17.4. The number of benzene rings is 3. The number of sulfone groups is 1. The van der Waals surface area contributed by atoms with Gasteiger partial charge >= 0.3 is 0 Å². The van der Waals surface area contributed by atoms with Crippen molar-refractivity contribution in [3.8, 4) is 0 Å².